The van der Waals surface area contributed by atoms with Crippen LogP contribution in [0.5, 0.6) is 11.5 Å². The first-order chi connectivity index (χ1) is 19.4. The van der Waals surface area contributed by atoms with Gasteiger partial charge < -0.3 is 56.9 Å². The molecule has 43 heavy (non-hydrogen) atoms. The van der Waals surface area contributed by atoms with Crippen molar-refractivity contribution in [2.45, 2.75) is 26.2 Å². The number of nitrogen functional groups attached to an aromatic ring is 1. The second-order valence-electron chi connectivity index (χ2n) is 8.47. The summed E-state index contributed by atoms with van der Waals surface area (Å²) in [4.78, 5) is 18.8. The zero-order valence-corrected chi connectivity index (χ0v) is 26.8. The molecule has 0 unspecified atom stereocenters. The Hall–Kier alpha value is -2.14. The molecule has 4 rings (SSSR count). The summed E-state index contributed by atoms with van der Waals surface area (Å²) in [5.74, 6) is 2.53. The van der Waals surface area contributed by atoms with Crippen molar-refractivity contribution in [1.82, 2.24) is 0 Å². The fourth-order valence-electron chi connectivity index (χ4n) is 3.08. The molecule has 3 aromatic carbocycles. The van der Waals surface area contributed by atoms with E-state index in [4.69, 9.17) is 24.8 Å². The number of rotatable bonds is 8. The van der Waals surface area contributed by atoms with Crippen LogP contribution in [0.3, 0.4) is 0 Å². The number of anilines is 2. The van der Waals surface area contributed by atoms with Crippen LogP contribution < -0.4 is 76.7 Å². The molecule has 0 aliphatic heterocycles. The van der Waals surface area contributed by atoms with Gasteiger partial charge in [-0.15, -0.1) is 25.2 Å². The van der Waals surface area contributed by atoms with Gasteiger partial charge in [0.15, 0.2) is 0 Å². The van der Waals surface area contributed by atoms with E-state index in [1.807, 2.05) is 67.6 Å². The molecular weight excluding hydrogens is 521 g/mol. The third kappa shape index (κ3) is 23.0. The van der Waals surface area contributed by atoms with Crippen LogP contribution in [0.25, 0.3) is 0 Å². The van der Waals surface area contributed by atoms with Gasteiger partial charge >= 0.3 is 56.6 Å². The number of hydrogen-bond donors (Lipinski definition) is 1. The number of nitrogens with two attached hydrogens (primary N) is 1. The maximum absolute atomic E-state index is 8.99. The Bertz CT molecular complexity index is 1030. The van der Waals surface area contributed by atoms with E-state index in [2.05, 4.69) is 57.9 Å². The summed E-state index contributed by atoms with van der Waals surface area (Å²) in [5, 5.41) is 0. The molecule has 0 bridgehead atoms. The van der Waals surface area contributed by atoms with Gasteiger partial charge in [0.2, 0.25) is 0 Å². The summed E-state index contributed by atoms with van der Waals surface area (Å²) in [7, 11) is 1.65. The normalized spacial score (nSPS) is 10.3. The minimum Gasteiger partial charge on any atom is -0.545 e. The van der Waals surface area contributed by atoms with E-state index >= 15 is 0 Å². The summed E-state index contributed by atoms with van der Waals surface area (Å²) < 4.78 is 10.5. The molecule has 1 aliphatic rings. The zero-order valence-electron chi connectivity index (χ0n) is 26.8. The first-order valence-electron chi connectivity index (χ1n) is 12.8. The molecule has 220 valence electrons. The molecule has 2 N–H and O–H groups in total. The molecule has 1 aliphatic carbocycles. The molecule has 1 saturated carbocycles. The maximum atomic E-state index is 8.99. The van der Waals surface area contributed by atoms with Gasteiger partial charge in [0.25, 0.3) is 0 Å². The van der Waals surface area contributed by atoms with Gasteiger partial charge in [-0.3, -0.25) is 19.5 Å². The van der Waals surface area contributed by atoms with Gasteiger partial charge in [-0.1, -0.05) is 30.7 Å². The van der Waals surface area contributed by atoms with E-state index in [0.29, 0.717) is 0 Å². The third-order valence-corrected chi connectivity index (χ3v) is 5.46. The predicted octanol–water partition coefficient (Wildman–Crippen LogP) is -2.53. The van der Waals surface area contributed by atoms with Gasteiger partial charge in [-0.05, 0) is 24.3 Å². The predicted molar refractivity (Wildman–Crippen MR) is 166 cm³/mol. The number of benzene rings is 3. The van der Waals surface area contributed by atoms with E-state index in [0.717, 1.165) is 53.9 Å². The molecule has 0 amide bonds. The minimum atomic E-state index is 0. The fourth-order valence-corrected chi connectivity index (χ4v) is 3.08. The quantitative estimate of drug-likeness (QED) is 0.141. The van der Waals surface area contributed by atoms with Crippen molar-refractivity contribution < 1.29 is 75.6 Å². The van der Waals surface area contributed by atoms with Crippen LogP contribution in [0.2, 0.25) is 0 Å². The SMILES string of the molecule is Nc1ccc(OCC2C[CH-]C2)cc1.[CH-]=O.[CH2-]CN(C[CH2-])c1cc[c-]c(C)c1.[CH2-]C[C-]=O.[CH2-]c1ccc(OC)cc1.[Li+].[Li+].[Li+]. The van der Waals surface area contributed by atoms with E-state index < -0.39 is 0 Å². The van der Waals surface area contributed by atoms with Crippen molar-refractivity contribution in [3.8, 4) is 11.5 Å². The largest absolute Gasteiger partial charge is 1.00 e. The summed E-state index contributed by atoms with van der Waals surface area (Å²) in [6, 6.07) is 24.3. The van der Waals surface area contributed by atoms with E-state index in [9.17, 15) is 0 Å². The first-order valence-corrected chi connectivity index (χ1v) is 12.8. The van der Waals surface area contributed by atoms with Crippen molar-refractivity contribution in [3.05, 3.63) is 118 Å². The van der Waals surface area contributed by atoms with Gasteiger partial charge in [-0.25, -0.2) is 0 Å². The summed E-state index contributed by atoms with van der Waals surface area (Å²) in [5.41, 5.74) is 9.68. The fraction of sp³-hybridized carbons (Fsp3) is 0.265. The van der Waals surface area contributed by atoms with Crippen LogP contribution >= 0.6 is 0 Å². The van der Waals surface area contributed by atoms with Crippen molar-refractivity contribution >= 4 is 24.5 Å². The van der Waals surface area contributed by atoms with Crippen molar-refractivity contribution in [3.63, 3.8) is 0 Å². The maximum Gasteiger partial charge on any atom is 1.00 e. The van der Waals surface area contributed by atoms with E-state index in [1.54, 1.807) is 13.4 Å². The summed E-state index contributed by atoms with van der Waals surface area (Å²) in [6.45, 7) is 22.2. The van der Waals surface area contributed by atoms with Crippen molar-refractivity contribution in [1.29, 1.82) is 0 Å². The molecule has 0 aromatic heterocycles. The molecule has 0 atom stereocenters. The molecule has 0 radical (unpaired) electrons. The second-order valence-corrected chi connectivity index (χ2v) is 8.47. The Labute approximate surface area is 297 Å². The molecule has 0 spiro atoms. The van der Waals surface area contributed by atoms with Crippen LogP contribution in [0.15, 0.2) is 66.7 Å². The van der Waals surface area contributed by atoms with E-state index in [-0.39, 0.29) is 63.0 Å². The van der Waals surface area contributed by atoms with Crippen LogP contribution in [0.1, 0.15) is 30.4 Å². The number of methoxy groups -OCH3 is 1. The van der Waals surface area contributed by atoms with Gasteiger partial charge in [0.05, 0.1) is 19.5 Å². The number of ether oxygens (including phenoxy) is 2. The average molecular weight is 564 g/mol. The standard InChI is InChI=1S/C11H14NO.C11H14N.C8H9O.C3H4O.CHO.3Li/c12-10-4-6-11(7-5-10)13-8-9-2-1-3-9;1-4-12(5-2)11-8-6-7-10(3)9-11;1-7-3-5-8(9-2)6-4-7;1-2-3-4;1-2;;;/h1,4-7,9H,2-3,8,12H2;6,8-9H,1-2,4-5H2,3H3;3-6H,1H2,2H3;1-2H2;1H;;;/q-1;-3;-1;-2;-1;3*+1. The van der Waals surface area contributed by atoms with Crippen LogP contribution in [0, 0.1) is 53.0 Å². The Morgan fingerprint density at radius 3 is 1.88 bits per heavy atom. The van der Waals surface area contributed by atoms with Gasteiger partial charge in [0.1, 0.15) is 5.75 Å². The smallest absolute Gasteiger partial charge is 0.545 e. The average Bonchev–Trinajstić information content (AvgIpc) is 2.96. The van der Waals surface area contributed by atoms with E-state index in [1.165, 1.54) is 18.5 Å². The number of aryl methyl sites for hydroxylation is 1. The molecule has 0 heterocycles. The van der Waals surface area contributed by atoms with Gasteiger partial charge in [0, 0.05) is 5.69 Å². The number of carbonyl (C=O) groups excluding carboxylic acids is 2. The summed E-state index contributed by atoms with van der Waals surface area (Å²) in [6.07, 6.45) is 6.53. The molecule has 3 aromatic rings. The first kappa shape index (κ1) is 47.8. The summed E-state index contributed by atoms with van der Waals surface area (Å²) >= 11 is 0. The van der Waals surface area contributed by atoms with Crippen molar-refractivity contribution in [2.75, 3.05) is 37.4 Å². The molecule has 6 nitrogen and oxygen atoms in total. The third-order valence-electron chi connectivity index (χ3n) is 5.46. The molecule has 1 fully saturated rings. The monoisotopic (exact) mass is 563 g/mol. The Morgan fingerprint density at radius 2 is 1.49 bits per heavy atom. The minimum absolute atomic E-state index is 0. The molecule has 0 saturated heterocycles. The van der Waals surface area contributed by atoms with Gasteiger partial charge in [-0.2, -0.15) is 55.2 Å². The van der Waals surface area contributed by atoms with Crippen LogP contribution in [-0.2, 0) is 9.59 Å². The Kier molecular flexibility index (Phi) is 34.8. The second kappa shape index (κ2) is 31.3. The molecule has 9 heteroatoms. The number of hydrogen-bond acceptors (Lipinski definition) is 6. The zero-order chi connectivity index (χ0) is 30.2. The topological polar surface area (TPSA) is 81.9 Å². The van der Waals surface area contributed by atoms with Crippen LogP contribution in [0.4, 0.5) is 11.4 Å². The molecular formula is C34H42Li3N2O4-5. The Morgan fingerprint density at radius 1 is 0.977 bits per heavy atom. The number of nitrogens with zero attached hydrogens (tertiary/aromatic N) is 1. The Balaban J connectivity index is -0.000000238. The van der Waals surface area contributed by atoms with Crippen LogP contribution in [-0.4, -0.2) is 39.9 Å². The van der Waals surface area contributed by atoms with Crippen molar-refractivity contribution in [2.24, 2.45) is 5.92 Å².